The van der Waals surface area contributed by atoms with Gasteiger partial charge in [0.1, 0.15) is 11.9 Å². The first-order chi connectivity index (χ1) is 9.24. The Morgan fingerprint density at radius 3 is 2.95 bits per heavy atom. The van der Waals surface area contributed by atoms with Gasteiger partial charge in [-0.05, 0) is 37.8 Å². The molecule has 1 atom stereocenters. The molecule has 0 spiro atoms. The van der Waals surface area contributed by atoms with Crippen LogP contribution in [-0.2, 0) is 0 Å². The molecule has 1 aliphatic rings. The topological polar surface area (TPSA) is 33.4 Å². The highest BCUT2D eigenvalue weighted by Crippen LogP contribution is 2.31. The number of allylic oxidation sites excluding steroid dienone is 1. The van der Waals surface area contributed by atoms with Gasteiger partial charge in [0.2, 0.25) is 0 Å². The number of aliphatic hydroxyl groups excluding tert-OH is 1. The summed E-state index contributed by atoms with van der Waals surface area (Å²) in [5, 5.41) is 10.9. The van der Waals surface area contributed by atoms with Crippen LogP contribution in [-0.4, -0.2) is 5.11 Å². The lowest BCUT2D eigenvalue weighted by atomic mass is 9.94. The molecule has 1 N–H and O–H groups in total. The molecule has 0 amide bonds. The first kappa shape index (κ1) is 12.4. The number of benzene rings is 1. The molecule has 1 aliphatic carbocycles. The van der Waals surface area contributed by atoms with Gasteiger partial charge in [-0.15, -0.1) is 0 Å². The van der Waals surface area contributed by atoms with Crippen LogP contribution in [0.5, 0.6) is 0 Å². The number of hydrogen-bond acceptors (Lipinski definition) is 2. The Bertz CT molecular complexity index is 612. The number of furan rings is 1. The monoisotopic (exact) mass is 260 g/mol. The van der Waals surface area contributed by atoms with Crippen molar-refractivity contribution in [3.63, 3.8) is 0 Å². The average Bonchev–Trinajstić information content (AvgIpc) is 2.85. The third kappa shape index (κ3) is 2.56. The molecule has 0 saturated carbocycles. The fourth-order valence-corrected chi connectivity index (χ4v) is 2.65. The maximum absolute atomic E-state index is 13.5. The van der Waals surface area contributed by atoms with Crippen LogP contribution in [0.4, 0.5) is 4.39 Å². The van der Waals surface area contributed by atoms with Crippen LogP contribution in [0.2, 0.25) is 0 Å². The third-order valence-electron chi connectivity index (χ3n) is 3.68. The number of fused-ring (bicyclic) bond motifs is 1. The summed E-state index contributed by atoms with van der Waals surface area (Å²) in [5.74, 6) is 0.0689. The van der Waals surface area contributed by atoms with E-state index in [9.17, 15) is 9.50 Å². The second-order valence-electron chi connectivity index (χ2n) is 5.14. The molecule has 100 valence electrons. The zero-order valence-electron chi connectivity index (χ0n) is 10.7. The molecule has 1 unspecified atom stereocenters. The number of halogens is 1. The summed E-state index contributed by atoms with van der Waals surface area (Å²) in [6, 6.07) is 6.53. The number of para-hydroxylation sites is 1. The molecule has 0 saturated heterocycles. The largest absolute Gasteiger partial charge is 0.455 e. The smallest absolute Gasteiger partial charge is 0.170 e. The Hall–Kier alpha value is -1.61. The summed E-state index contributed by atoms with van der Waals surface area (Å²) in [7, 11) is 0. The van der Waals surface area contributed by atoms with Gasteiger partial charge in [0, 0.05) is 11.8 Å². The molecule has 2 aromatic rings. The summed E-state index contributed by atoms with van der Waals surface area (Å²) < 4.78 is 19.0. The van der Waals surface area contributed by atoms with Crippen molar-refractivity contribution in [2.24, 2.45) is 0 Å². The van der Waals surface area contributed by atoms with Crippen LogP contribution in [0.25, 0.3) is 11.0 Å². The second kappa shape index (κ2) is 5.17. The van der Waals surface area contributed by atoms with E-state index in [4.69, 9.17) is 4.42 Å². The van der Waals surface area contributed by atoms with Crippen LogP contribution in [0.3, 0.4) is 0 Å². The Kier molecular flexibility index (Phi) is 3.38. The fourth-order valence-electron chi connectivity index (χ4n) is 2.65. The maximum Gasteiger partial charge on any atom is 0.170 e. The van der Waals surface area contributed by atoms with Gasteiger partial charge in [-0.3, -0.25) is 0 Å². The van der Waals surface area contributed by atoms with E-state index in [0.717, 1.165) is 12.8 Å². The Morgan fingerprint density at radius 1 is 1.32 bits per heavy atom. The van der Waals surface area contributed by atoms with Crippen molar-refractivity contribution < 1.29 is 13.9 Å². The highest BCUT2D eigenvalue weighted by Gasteiger charge is 2.17. The predicted octanol–water partition coefficient (Wildman–Crippen LogP) is 4.50. The molecular weight excluding hydrogens is 243 g/mol. The van der Waals surface area contributed by atoms with E-state index in [2.05, 4.69) is 6.08 Å². The Morgan fingerprint density at radius 2 is 2.21 bits per heavy atom. The van der Waals surface area contributed by atoms with Crippen molar-refractivity contribution in [1.82, 2.24) is 0 Å². The number of aliphatic hydroxyl groups is 1. The lowest BCUT2D eigenvalue weighted by molar-refractivity contribution is 0.150. The zero-order chi connectivity index (χ0) is 13.2. The van der Waals surface area contributed by atoms with Gasteiger partial charge in [0.15, 0.2) is 11.4 Å². The van der Waals surface area contributed by atoms with Crippen molar-refractivity contribution in [1.29, 1.82) is 0 Å². The lowest BCUT2D eigenvalue weighted by Crippen LogP contribution is -2.00. The zero-order valence-corrected chi connectivity index (χ0v) is 10.7. The summed E-state index contributed by atoms with van der Waals surface area (Å²) >= 11 is 0. The molecule has 2 nitrogen and oxygen atoms in total. The van der Waals surface area contributed by atoms with E-state index in [1.165, 1.54) is 24.5 Å². The van der Waals surface area contributed by atoms with Crippen LogP contribution in [0, 0.1) is 5.82 Å². The molecule has 19 heavy (non-hydrogen) atoms. The van der Waals surface area contributed by atoms with Gasteiger partial charge in [0.05, 0.1) is 0 Å². The number of rotatable bonds is 3. The van der Waals surface area contributed by atoms with E-state index in [0.29, 0.717) is 17.6 Å². The molecule has 1 heterocycles. The van der Waals surface area contributed by atoms with Gasteiger partial charge in [-0.2, -0.15) is 0 Å². The predicted molar refractivity (Wildman–Crippen MR) is 72.3 cm³/mol. The van der Waals surface area contributed by atoms with Crippen molar-refractivity contribution in [2.75, 3.05) is 0 Å². The van der Waals surface area contributed by atoms with Crippen molar-refractivity contribution in [2.45, 2.75) is 38.2 Å². The van der Waals surface area contributed by atoms with Gasteiger partial charge in [0.25, 0.3) is 0 Å². The molecular formula is C16H17FO2. The van der Waals surface area contributed by atoms with Gasteiger partial charge < -0.3 is 9.52 Å². The van der Waals surface area contributed by atoms with E-state index in [1.807, 2.05) is 0 Å². The Balaban J connectivity index is 1.83. The second-order valence-corrected chi connectivity index (χ2v) is 5.14. The minimum atomic E-state index is -0.684. The molecule has 1 aromatic carbocycles. The van der Waals surface area contributed by atoms with Gasteiger partial charge >= 0.3 is 0 Å². The first-order valence-corrected chi connectivity index (χ1v) is 6.78. The van der Waals surface area contributed by atoms with Crippen LogP contribution in [0.1, 0.15) is 44.0 Å². The van der Waals surface area contributed by atoms with Gasteiger partial charge in [-0.25, -0.2) is 4.39 Å². The Labute approximate surface area is 111 Å². The summed E-state index contributed by atoms with van der Waals surface area (Å²) in [4.78, 5) is 0. The average molecular weight is 260 g/mol. The van der Waals surface area contributed by atoms with Crippen molar-refractivity contribution >= 4 is 11.0 Å². The molecule has 0 aliphatic heterocycles. The molecule has 0 fully saturated rings. The molecule has 0 radical (unpaired) electrons. The van der Waals surface area contributed by atoms with Gasteiger partial charge in [-0.1, -0.05) is 23.8 Å². The first-order valence-electron chi connectivity index (χ1n) is 6.78. The summed E-state index contributed by atoms with van der Waals surface area (Å²) in [6.45, 7) is 0. The molecule has 3 heteroatoms. The molecule has 3 rings (SSSR count). The SMILES string of the molecule is OC(CC1=CCCCC1)c1cc2cccc(F)c2o1. The van der Waals surface area contributed by atoms with E-state index >= 15 is 0 Å². The van der Waals surface area contributed by atoms with Crippen LogP contribution < -0.4 is 0 Å². The standard InChI is InChI=1S/C16H17FO2/c17-13-8-4-7-12-10-15(19-16(12)13)14(18)9-11-5-2-1-3-6-11/h4-5,7-8,10,14,18H,1-3,6,9H2. The fraction of sp³-hybridized carbons (Fsp3) is 0.375. The van der Waals surface area contributed by atoms with E-state index in [1.54, 1.807) is 18.2 Å². The normalized spacial score (nSPS) is 17.5. The highest BCUT2D eigenvalue weighted by molar-refractivity contribution is 5.78. The minimum Gasteiger partial charge on any atom is -0.455 e. The summed E-state index contributed by atoms with van der Waals surface area (Å²) in [6.07, 6.45) is 6.67. The maximum atomic E-state index is 13.5. The van der Waals surface area contributed by atoms with Crippen LogP contribution in [0.15, 0.2) is 40.3 Å². The highest BCUT2D eigenvalue weighted by atomic mass is 19.1. The van der Waals surface area contributed by atoms with Crippen LogP contribution >= 0.6 is 0 Å². The quantitative estimate of drug-likeness (QED) is 0.824. The van der Waals surface area contributed by atoms with E-state index in [-0.39, 0.29) is 11.4 Å². The summed E-state index contributed by atoms with van der Waals surface area (Å²) in [5.41, 5.74) is 1.51. The number of hydrogen-bond donors (Lipinski definition) is 1. The third-order valence-corrected chi connectivity index (χ3v) is 3.68. The molecule has 1 aromatic heterocycles. The lowest BCUT2D eigenvalue weighted by Gasteiger charge is -2.15. The van der Waals surface area contributed by atoms with Crippen molar-refractivity contribution in [3.8, 4) is 0 Å². The molecule has 0 bridgehead atoms. The van der Waals surface area contributed by atoms with E-state index < -0.39 is 6.10 Å². The van der Waals surface area contributed by atoms with Crippen molar-refractivity contribution in [3.05, 3.63) is 47.5 Å². The minimum absolute atomic E-state index is 0.231.